The summed E-state index contributed by atoms with van der Waals surface area (Å²) in [5.74, 6) is -18.5. The maximum atomic E-state index is 14.3. The largest absolute Gasteiger partial charge is 0.490 e. The fourth-order valence-electron chi connectivity index (χ4n) is 9.21. The molecule has 0 aliphatic heterocycles. The standard InChI is InChI=1S/C51H61F7N6O5.C2HF3O2/c1-30-25-37(42(65)27-32-11-22-40(23-12-32)64(5)6)19-24-41(30)34-13-7-31(8-14-34)26-38(28-43(66)35-15-9-33(10-16-35)29-59-47(68)69-48(2,3)4)45(67)60-39-20-17-36(18-21-39)44-61-46(63-62-44)49(52,53)50(54,55)51(56,57)58;3-2(4,5)1(6)7/h7-8,13-14,17-21,24-25,32-33,35,38,40H,9-12,15-16,22-23,26-29H2,1-6H3,(H,59,68)(H,60,67)(H,61,62,63);(H,6,7). The third kappa shape index (κ3) is 16.3. The van der Waals surface area contributed by atoms with Crippen molar-refractivity contribution in [2.45, 2.75) is 134 Å². The first-order chi connectivity index (χ1) is 35.2. The number of benzene rings is 3. The summed E-state index contributed by atoms with van der Waals surface area (Å²) in [6.07, 6.45) is -4.73. The van der Waals surface area contributed by atoms with Crippen LogP contribution in [0.25, 0.3) is 22.5 Å². The topological polar surface area (TPSA) is 184 Å². The van der Waals surface area contributed by atoms with Gasteiger partial charge in [0.2, 0.25) is 11.7 Å². The third-order valence-electron chi connectivity index (χ3n) is 13.6. The number of aromatic amines is 1. The molecule has 13 nitrogen and oxygen atoms in total. The van der Waals surface area contributed by atoms with Crippen LogP contribution >= 0.6 is 0 Å². The molecular weight excluding hydrogens is 1020 g/mol. The van der Waals surface area contributed by atoms with E-state index in [0.717, 1.165) is 47.9 Å². The summed E-state index contributed by atoms with van der Waals surface area (Å²) >= 11 is 0. The molecule has 0 bridgehead atoms. The SMILES string of the molecule is Cc1cc(C(=O)CC2CCC(N(C)C)CC2)ccc1-c1ccc(CC(CC(=O)C2CCC(CNC(=O)OC(C)(C)C)CC2)C(=O)Nc2ccc(-c3n[nH]c(C(F)(F)C(F)(F)C(F)(F)F)n3)cc2)cc1.O=C(O)C(F)(F)F. The van der Waals surface area contributed by atoms with Crippen molar-refractivity contribution in [3.63, 3.8) is 0 Å². The number of aromatic nitrogens is 3. The Morgan fingerprint density at radius 2 is 1.34 bits per heavy atom. The Morgan fingerprint density at radius 3 is 1.87 bits per heavy atom. The summed E-state index contributed by atoms with van der Waals surface area (Å²) in [5.41, 5.74) is 3.81. The Hall–Kier alpha value is -6.39. The first-order valence-electron chi connectivity index (χ1n) is 24.6. The zero-order valence-corrected chi connectivity index (χ0v) is 42.7. The molecule has 2 aliphatic rings. The maximum Gasteiger partial charge on any atom is 0.490 e. The number of Topliss-reactive ketones (excluding diaryl/α,β-unsaturated/α-hetero) is 2. The smallest absolute Gasteiger partial charge is 0.475 e. The number of carbonyl (C=O) groups excluding carboxylic acids is 4. The number of ketones is 2. The molecule has 4 aromatic rings. The van der Waals surface area contributed by atoms with E-state index >= 15 is 0 Å². The van der Waals surface area contributed by atoms with Gasteiger partial charge in [0.25, 0.3) is 0 Å². The third-order valence-corrected chi connectivity index (χ3v) is 13.6. The molecule has 2 saturated carbocycles. The Morgan fingerprint density at radius 1 is 0.776 bits per heavy atom. The number of ether oxygens (including phenoxy) is 1. The monoisotopic (exact) mass is 1080 g/mol. The second-order valence-corrected chi connectivity index (χ2v) is 20.7. The van der Waals surface area contributed by atoms with Gasteiger partial charge in [-0.05, 0) is 164 Å². The maximum absolute atomic E-state index is 14.3. The van der Waals surface area contributed by atoms with E-state index in [0.29, 0.717) is 56.2 Å². The number of alkyl halides is 10. The molecule has 2 fully saturated rings. The lowest BCUT2D eigenvalue weighted by atomic mass is 9.77. The molecule has 2 amide bonds. The molecule has 0 radical (unpaired) electrons. The number of carboxylic acids is 1. The summed E-state index contributed by atoms with van der Waals surface area (Å²) in [6, 6.07) is 19.2. The lowest BCUT2D eigenvalue weighted by molar-refractivity contribution is -0.361. The van der Waals surface area contributed by atoms with Crippen molar-refractivity contribution in [3.8, 4) is 22.5 Å². The normalized spacial score (nSPS) is 19.0. The lowest BCUT2D eigenvalue weighted by Gasteiger charge is -2.32. The van der Waals surface area contributed by atoms with Crippen LogP contribution in [0.5, 0.6) is 0 Å². The molecule has 1 atom stereocenters. The van der Waals surface area contributed by atoms with Crippen molar-refractivity contribution in [1.82, 2.24) is 25.4 Å². The highest BCUT2D eigenvalue weighted by Crippen LogP contribution is 2.51. The highest BCUT2D eigenvalue weighted by atomic mass is 19.4. The molecule has 416 valence electrons. The molecule has 2 aliphatic carbocycles. The molecule has 1 aromatic heterocycles. The van der Waals surface area contributed by atoms with Crippen molar-refractivity contribution in [2.75, 3.05) is 26.0 Å². The van der Waals surface area contributed by atoms with Gasteiger partial charge in [-0.25, -0.2) is 14.6 Å². The van der Waals surface area contributed by atoms with Crippen molar-refractivity contribution in [2.24, 2.45) is 23.7 Å². The number of rotatable bonds is 17. The molecule has 76 heavy (non-hydrogen) atoms. The number of carboxylic acid groups (broad SMARTS) is 1. The summed E-state index contributed by atoms with van der Waals surface area (Å²) < 4.78 is 131. The minimum Gasteiger partial charge on any atom is -0.475 e. The van der Waals surface area contributed by atoms with Crippen LogP contribution in [0.4, 0.5) is 54.4 Å². The van der Waals surface area contributed by atoms with Crippen molar-refractivity contribution in [3.05, 3.63) is 89.2 Å². The molecule has 23 heteroatoms. The predicted octanol–water partition coefficient (Wildman–Crippen LogP) is 12.2. The zero-order chi connectivity index (χ0) is 56.6. The van der Waals surface area contributed by atoms with Gasteiger partial charge in [-0.1, -0.05) is 36.4 Å². The van der Waals surface area contributed by atoms with Crippen LogP contribution in [-0.4, -0.2) is 105 Å². The van der Waals surface area contributed by atoms with E-state index in [-0.39, 0.29) is 47.5 Å². The van der Waals surface area contributed by atoms with Crippen molar-refractivity contribution >= 4 is 35.2 Å². The van der Waals surface area contributed by atoms with E-state index < -0.39 is 65.3 Å². The summed E-state index contributed by atoms with van der Waals surface area (Å²) in [5, 5.41) is 17.6. The number of hydrogen-bond donors (Lipinski definition) is 4. The Kier molecular flexibility index (Phi) is 19.7. The molecule has 1 unspecified atom stereocenters. The predicted molar refractivity (Wildman–Crippen MR) is 261 cm³/mol. The second kappa shape index (κ2) is 24.7. The first kappa shape index (κ1) is 60.5. The van der Waals surface area contributed by atoms with Gasteiger partial charge in [-0.2, -0.15) is 49.0 Å². The summed E-state index contributed by atoms with van der Waals surface area (Å²) in [4.78, 5) is 67.8. The van der Waals surface area contributed by atoms with Crippen LogP contribution < -0.4 is 10.6 Å². The minimum atomic E-state index is -6.56. The van der Waals surface area contributed by atoms with Crippen LogP contribution in [0.2, 0.25) is 0 Å². The number of nitrogens with zero attached hydrogens (tertiary/aromatic N) is 3. The summed E-state index contributed by atoms with van der Waals surface area (Å²) in [6.45, 7) is 7.71. The molecule has 0 spiro atoms. The van der Waals surface area contributed by atoms with Crippen LogP contribution in [0.3, 0.4) is 0 Å². The average Bonchev–Trinajstić information content (AvgIpc) is 3.84. The Bertz CT molecular complexity index is 2630. The van der Waals surface area contributed by atoms with Crippen LogP contribution in [-0.2, 0) is 31.5 Å². The van der Waals surface area contributed by atoms with Crippen molar-refractivity contribution in [1.29, 1.82) is 0 Å². The van der Waals surface area contributed by atoms with Gasteiger partial charge in [-0.3, -0.25) is 19.5 Å². The quantitative estimate of drug-likeness (QED) is 0.0586. The van der Waals surface area contributed by atoms with Gasteiger partial charge < -0.3 is 25.4 Å². The highest BCUT2D eigenvalue weighted by Gasteiger charge is 2.75. The van der Waals surface area contributed by atoms with Gasteiger partial charge >= 0.3 is 36.3 Å². The number of alkyl carbamates (subject to hydrolysis) is 1. The van der Waals surface area contributed by atoms with E-state index in [4.69, 9.17) is 14.6 Å². The van der Waals surface area contributed by atoms with Gasteiger partial charge in [0, 0.05) is 54.1 Å². The van der Waals surface area contributed by atoms with E-state index in [1.54, 1.807) is 20.8 Å². The average molecular weight is 1090 g/mol. The highest BCUT2D eigenvalue weighted by molar-refractivity contribution is 5.97. The molecular formula is C53H62F10N6O7. The molecule has 1 heterocycles. The van der Waals surface area contributed by atoms with E-state index in [1.165, 1.54) is 29.4 Å². The Balaban J connectivity index is 0.00000142. The van der Waals surface area contributed by atoms with E-state index in [2.05, 4.69) is 39.7 Å². The van der Waals surface area contributed by atoms with Gasteiger partial charge in [0.1, 0.15) is 11.4 Å². The molecule has 4 N–H and O–H groups in total. The second-order valence-electron chi connectivity index (χ2n) is 20.7. The van der Waals surface area contributed by atoms with Crippen LogP contribution in [0.15, 0.2) is 66.7 Å². The molecule has 0 saturated heterocycles. The van der Waals surface area contributed by atoms with E-state index in [1.807, 2.05) is 49.4 Å². The number of anilines is 1. The van der Waals surface area contributed by atoms with Crippen LogP contribution in [0, 0.1) is 30.6 Å². The number of hydrogen-bond acceptors (Lipinski definition) is 9. The number of aliphatic carboxylic acids is 1. The molecule has 3 aromatic carbocycles. The fraction of sp³-hybridized carbons (Fsp3) is 0.528. The van der Waals surface area contributed by atoms with Gasteiger partial charge in [-0.15, -0.1) is 0 Å². The number of H-pyrrole nitrogens is 1. The molecule has 6 rings (SSSR count). The zero-order valence-electron chi connectivity index (χ0n) is 42.7. The van der Waals surface area contributed by atoms with Gasteiger partial charge in [0.05, 0.1) is 0 Å². The summed E-state index contributed by atoms with van der Waals surface area (Å²) in [7, 11) is 4.20. The van der Waals surface area contributed by atoms with Gasteiger partial charge in [0.15, 0.2) is 11.6 Å². The number of halogens is 10. The number of nitrogens with one attached hydrogen (secondary N) is 3. The fourth-order valence-corrected chi connectivity index (χ4v) is 9.21. The van der Waals surface area contributed by atoms with E-state index in [9.17, 15) is 63.1 Å². The number of aryl methyl sites for hydroxylation is 1. The number of amides is 2. The lowest BCUT2D eigenvalue weighted by Crippen LogP contribution is -2.50. The Labute approximate surface area is 432 Å². The first-order valence-corrected chi connectivity index (χ1v) is 24.6. The van der Waals surface area contributed by atoms with Crippen molar-refractivity contribution < 1.29 is 77.7 Å². The minimum absolute atomic E-state index is 0.0281. The van der Waals surface area contributed by atoms with Crippen LogP contribution in [0.1, 0.15) is 112 Å². The number of carbonyl (C=O) groups is 5.